The summed E-state index contributed by atoms with van der Waals surface area (Å²) < 4.78 is 32.6. The van der Waals surface area contributed by atoms with E-state index in [9.17, 15) is 25.2 Å². The number of carbonyl (C=O) groups is 1. The highest BCUT2D eigenvalue weighted by molar-refractivity contribution is 5.96. The Morgan fingerprint density at radius 3 is 2.26 bits per heavy atom. The molecule has 1 unspecified atom stereocenters. The lowest BCUT2D eigenvalue weighted by Gasteiger charge is -2.39. The molecule has 6 atom stereocenters. The largest absolute Gasteiger partial charge is 0.493 e. The molecule has 38 heavy (non-hydrogen) atoms. The number of cyclic esters (lactones) is 1. The minimum atomic E-state index is -1.57. The zero-order valence-corrected chi connectivity index (χ0v) is 21.3. The van der Waals surface area contributed by atoms with Crippen LogP contribution in [0.1, 0.15) is 11.1 Å². The lowest BCUT2D eigenvalue weighted by atomic mass is 9.92. The molecule has 0 radical (unpaired) electrons. The molecule has 11 heteroatoms. The number of aliphatic hydroxyl groups excluding tert-OH is 4. The second-order valence-corrected chi connectivity index (χ2v) is 9.01. The van der Waals surface area contributed by atoms with Gasteiger partial charge in [0.1, 0.15) is 24.4 Å². The van der Waals surface area contributed by atoms with Gasteiger partial charge in [-0.2, -0.15) is 0 Å². The molecule has 2 aliphatic rings. The maximum Gasteiger partial charge on any atom is 0.334 e. The monoisotopic (exact) mass is 532 g/mol. The number of carbonyl (C=O) groups excluding carboxylic acids is 1. The van der Waals surface area contributed by atoms with E-state index in [0.717, 1.165) is 5.56 Å². The number of ether oxygens (including phenoxy) is 6. The van der Waals surface area contributed by atoms with Crippen LogP contribution in [0.15, 0.2) is 42.0 Å². The molecule has 206 valence electrons. The highest BCUT2D eigenvalue weighted by Gasteiger charge is 2.45. The minimum absolute atomic E-state index is 0.184. The first kappa shape index (κ1) is 27.7. The molecule has 0 saturated carbocycles. The summed E-state index contributed by atoms with van der Waals surface area (Å²) in [7, 11) is 4.56. The molecule has 2 aromatic rings. The van der Waals surface area contributed by atoms with Gasteiger partial charge in [-0.05, 0) is 47.9 Å². The molecule has 0 amide bonds. The number of aliphatic hydroxyl groups is 4. The molecule has 4 rings (SSSR count). The van der Waals surface area contributed by atoms with Crippen LogP contribution in [0, 0.1) is 5.92 Å². The van der Waals surface area contributed by atoms with E-state index in [1.165, 1.54) is 7.11 Å². The van der Waals surface area contributed by atoms with Crippen molar-refractivity contribution in [2.45, 2.75) is 37.1 Å². The highest BCUT2D eigenvalue weighted by Crippen LogP contribution is 2.35. The van der Waals surface area contributed by atoms with Gasteiger partial charge in [0.05, 0.1) is 34.5 Å². The van der Waals surface area contributed by atoms with E-state index in [0.29, 0.717) is 29.1 Å². The predicted octanol–water partition coefficient (Wildman–Crippen LogP) is 0.690. The quantitative estimate of drug-likeness (QED) is 0.266. The van der Waals surface area contributed by atoms with Gasteiger partial charge in [-0.3, -0.25) is 0 Å². The second-order valence-electron chi connectivity index (χ2n) is 9.01. The molecular formula is C27H32O11. The van der Waals surface area contributed by atoms with E-state index < -0.39 is 43.3 Å². The fourth-order valence-electron chi connectivity index (χ4n) is 4.49. The molecule has 4 N–H and O–H groups in total. The Hall–Kier alpha value is -3.35. The molecule has 2 saturated heterocycles. The summed E-state index contributed by atoms with van der Waals surface area (Å²) in [5.41, 5.74) is 2.11. The normalized spacial score (nSPS) is 28.2. The molecular weight excluding hydrogens is 500 g/mol. The lowest BCUT2D eigenvalue weighted by molar-refractivity contribution is -0.277. The van der Waals surface area contributed by atoms with E-state index in [-0.39, 0.29) is 24.0 Å². The molecule has 0 bridgehead atoms. The Bertz CT molecular complexity index is 1160. The van der Waals surface area contributed by atoms with Crippen LogP contribution in [-0.4, -0.2) is 91.6 Å². The van der Waals surface area contributed by atoms with Crippen LogP contribution in [0.2, 0.25) is 0 Å². The van der Waals surface area contributed by atoms with Crippen molar-refractivity contribution in [3.05, 3.63) is 53.1 Å². The summed E-state index contributed by atoms with van der Waals surface area (Å²) in [5.74, 6) is 1.09. The Morgan fingerprint density at radius 2 is 1.58 bits per heavy atom. The Labute approximate surface area is 219 Å². The van der Waals surface area contributed by atoms with Gasteiger partial charge in [-0.25, -0.2) is 4.79 Å². The first-order valence-electron chi connectivity index (χ1n) is 12.0. The van der Waals surface area contributed by atoms with E-state index in [4.69, 9.17) is 28.4 Å². The summed E-state index contributed by atoms with van der Waals surface area (Å²) >= 11 is 0. The zero-order valence-electron chi connectivity index (χ0n) is 21.3. The van der Waals surface area contributed by atoms with Crippen LogP contribution in [-0.2, 0) is 20.7 Å². The van der Waals surface area contributed by atoms with Crippen molar-refractivity contribution < 1.29 is 53.6 Å². The number of rotatable bonds is 9. The van der Waals surface area contributed by atoms with Crippen molar-refractivity contribution in [2.75, 3.05) is 34.5 Å². The summed E-state index contributed by atoms with van der Waals surface area (Å²) in [5, 5.41) is 39.7. The standard InChI is InChI=1S/C27H32O11/c1-33-18-6-4-14(10-20(18)34-2)8-16-13-36-26(32)17(16)9-15-5-7-19(21(11-15)35-3)37-27-25(31)24(30)23(29)22(12-28)38-27/h4-7,9-11,16,22-25,27-31H,8,12-13H2,1-3H3/b17-9+/t16?,22-,23-,24+,25-,27-/m1/s1. The number of hydrogen-bond acceptors (Lipinski definition) is 11. The summed E-state index contributed by atoms with van der Waals surface area (Å²) in [6, 6.07) is 10.5. The zero-order chi connectivity index (χ0) is 27.4. The van der Waals surface area contributed by atoms with Crippen LogP contribution >= 0.6 is 0 Å². The van der Waals surface area contributed by atoms with E-state index in [1.54, 1.807) is 38.5 Å². The third-order valence-electron chi connectivity index (χ3n) is 6.62. The topological polar surface area (TPSA) is 153 Å². The van der Waals surface area contributed by atoms with Crippen molar-refractivity contribution in [3.63, 3.8) is 0 Å². The molecule has 2 aliphatic heterocycles. The van der Waals surface area contributed by atoms with Gasteiger partial charge in [-0.1, -0.05) is 12.1 Å². The molecule has 0 spiro atoms. The van der Waals surface area contributed by atoms with Crippen LogP contribution in [0.5, 0.6) is 23.0 Å². The first-order valence-corrected chi connectivity index (χ1v) is 12.0. The third-order valence-corrected chi connectivity index (χ3v) is 6.62. The van der Waals surface area contributed by atoms with Crippen LogP contribution in [0.4, 0.5) is 0 Å². The maximum absolute atomic E-state index is 12.5. The Morgan fingerprint density at radius 1 is 0.895 bits per heavy atom. The van der Waals surface area contributed by atoms with Gasteiger partial charge in [0.2, 0.25) is 6.29 Å². The van der Waals surface area contributed by atoms with Gasteiger partial charge in [0.15, 0.2) is 23.0 Å². The number of hydrogen-bond donors (Lipinski definition) is 4. The average Bonchev–Trinajstić information content (AvgIpc) is 3.27. The molecule has 0 aliphatic carbocycles. The van der Waals surface area contributed by atoms with E-state index in [1.807, 2.05) is 18.2 Å². The minimum Gasteiger partial charge on any atom is -0.493 e. The van der Waals surface area contributed by atoms with Crippen LogP contribution in [0.3, 0.4) is 0 Å². The first-order chi connectivity index (χ1) is 18.3. The molecule has 2 heterocycles. The van der Waals surface area contributed by atoms with Crippen molar-refractivity contribution in [1.82, 2.24) is 0 Å². The third kappa shape index (κ3) is 5.71. The summed E-state index contributed by atoms with van der Waals surface area (Å²) in [6.07, 6.45) is -4.83. The van der Waals surface area contributed by atoms with Gasteiger partial charge < -0.3 is 48.8 Å². The highest BCUT2D eigenvalue weighted by atomic mass is 16.7. The van der Waals surface area contributed by atoms with Gasteiger partial charge in [0.25, 0.3) is 0 Å². The number of esters is 1. The van der Waals surface area contributed by atoms with Gasteiger partial charge >= 0.3 is 5.97 Å². The average molecular weight is 533 g/mol. The van der Waals surface area contributed by atoms with Crippen molar-refractivity contribution in [3.8, 4) is 23.0 Å². The molecule has 2 aromatic carbocycles. The summed E-state index contributed by atoms with van der Waals surface area (Å²) in [4.78, 5) is 12.5. The van der Waals surface area contributed by atoms with Crippen LogP contribution in [0.25, 0.3) is 6.08 Å². The lowest BCUT2D eigenvalue weighted by Crippen LogP contribution is -2.60. The van der Waals surface area contributed by atoms with Crippen molar-refractivity contribution in [2.24, 2.45) is 5.92 Å². The number of methoxy groups -OCH3 is 3. The smallest absolute Gasteiger partial charge is 0.334 e. The maximum atomic E-state index is 12.5. The fraction of sp³-hybridized carbons (Fsp3) is 0.444. The molecule has 2 fully saturated rings. The van der Waals surface area contributed by atoms with E-state index in [2.05, 4.69) is 0 Å². The van der Waals surface area contributed by atoms with Crippen LogP contribution < -0.4 is 18.9 Å². The number of benzene rings is 2. The van der Waals surface area contributed by atoms with Crippen molar-refractivity contribution in [1.29, 1.82) is 0 Å². The Balaban J connectivity index is 1.53. The second kappa shape index (κ2) is 12.0. The van der Waals surface area contributed by atoms with E-state index >= 15 is 0 Å². The predicted molar refractivity (Wildman–Crippen MR) is 133 cm³/mol. The Kier molecular flexibility index (Phi) is 8.75. The van der Waals surface area contributed by atoms with Gasteiger partial charge in [-0.15, -0.1) is 0 Å². The fourth-order valence-corrected chi connectivity index (χ4v) is 4.49. The molecule has 11 nitrogen and oxygen atoms in total. The SMILES string of the molecule is COc1ccc(CC2COC(=O)/C2=C/c2ccc(O[C@@H]3O[C@H](CO)[C@@H](O)[C@H](O)[C@H]3O)c(OC)c2)cc1OC. The van der Waals surface area contributed by atoms with Crippen molar-refractivity contribution >= 4 is 12.0 Å². The molecule has 0 aromatic heterocycles. The van der Waals surface area contributed by atoms with Gasteiger partial charge in [0, 0.05) is 11.5 Å². The summed E-state index contributed by atoms with van der Waals surface area (Å²) in [6.45, 7) is -0.330.